The molecule has 4 aromatic rings. The van der Waals surface area contributed by atoms with E-state index in [1.54, 1.807) is 36.7 Å². The molecule has 0 aliphatic carbocycles. The summed E-state index contributed by atoms with van der Waals surface area (Å²) in [6.07, 6.45) is 7.31. The molecule has 2 unspecified atom stereocenters. The number of carbonyl (C=O) groups excluding carboxylic acids is 2. The zero-order valence-corrected chi connectivity index (χ0v) is 19.3. The van der Waals surface area contributed by atoms with Crippen molar-refractivity contribution in [3.05, 3.63) is 85.1 Å². The quantitative estimate of drug-likeness (QED) is 0.374. The number of fused-ring (bicyclic) bond motifs is 3. The highest BCUT2D eigenvalue weighted by atomic mass is 16.2. The van der Waals surface area contributed by atoms with Crippen LogP contribution in [0.4, 0.5) is 11.6 Å². The first kappa shape index (κ1) is 21.9. The molecule has 2 amide bonds. The number of aromatic nitrogens is 4. The Labute approximate surface area is 206 Å². The maximum Gasteiger partial charge on any atom is 0.256 e. The van der Waals surface area contributed by atoms with Crippen molar-refractivity contribution < 1.29 is 9.59 Å². The summed E-state index contributed by atoms with van der Waals surface area (Å²) >= 11 is 0. The fourth-order valence-corrected chi connectivity index (χ4v) is 5.20. The van der Waals surface area contributed by atoms with Gasteiger partial charge in [-0.05, 0) is 36.8 Å². The minimum Gasteiger partial charge on any atom is -0.382 e. The smallest absolute Gasteiger partial charge is 0.256 e. The van der Waals surface area contributed by atoms with Crippen LogP contribution in [0.5, 0.6) is 0 Å². The maximum absolute atomic E-state index is 12.6. The first-order chi connectivity index (χ1) is 17.5. The van der Waals surface area contributed by atoms with Gasteiger partial charge in [0.2, 0.25) is 5.91 Å². The minimum atomic E-state index is -0.255. The van der Waals surface area contributed by atoms with Crippen molar-refractivity contribution >= 4 is 29.0 Å². The van der Waals surface area contributed by atoms with E-state index in [0.29, 0.717) is 35.0 Å². The molecule has 2 aliphatic rings. The standard InChI is InChI=1S/C26H24N8O2/c1-2-20(35)34-14-17-13-18(34)22(30-17)25-32-21(23-24(27)29-11-12-33(23)25)15-6-8-16(9-7-15)26(36)31-19-5-3-4-10-28-19/h2-12,17-18,22,30H,1,13-14H2,(H2,27,29)(H,28,31,36)/t17?,18-,22?/m0/s1. The summed E-state index contributed by atoms with van der Waals surface area (Å²) in [7, 11) is 0. The summed E-state index contributed by atoms with van der Waals surface area (Å²) < 4.78 is 1.94. The number of carbonyl (C=O) groups is 2. The van der Waals surface area contributed by atoms with Gasteiger partial charge in [0.1, 0.15) is 28.7 Å². The highest BCUT2D eigenvalue weighted by Crippen LogP contribution is 2.39. The number of hydrogen-bond acceptors (Lipinski definition) is 7. The summed E-state index contributed by atoms with van der Waals surface area (Å²) in [5.41, 5.74) is 8.95. The molecule has 4 N–H and O–H groups in total. The molecule has 2 saturated heterocycles. The molecule has 5 heterocycles. The highest BCUT2D eigenvalue weighted by Gasteiger charge is 2.48. The Kier molecular flexibility index (Phi) is 5.23. The lowest BCUT2D eigenvalue weighted by atomic mass is 10.1. The van der Waals surface area contributed by atoms with Crippen molar-refractivity contribution in [2.24, 2.45) is 0 Å². The van der Waals surface area contributed by atoms with Crippen LogP contribution in [-0.4, -0.2) is 54.7 Å². The number of rotatable bonds is 5. The fourth-order valence-electron chi connectivity index (χ4n) is 5.20. The molecular weight excluding hydrogens is 456 g/mol. The van der Waals surface area contributed by atoms with Crippen molar-refractivity contribution in [3.8, 4) is 11.3 Å². The normalized spacial score (nSPS) is 20.6. The Hall–Kier alpha value is -4.57. The summed E-state index contributed by atoms with van der Waals surface area (Å²) in [6, 6.07) is 12.5. The average Bonchev–Trinajstić information content (AvgIpc) is 3.62. The van der Waals surface area contributed by atoms with Gasteiger partial charge in [-0.1, -0.05) is 24.8 Å². The molecule has 10 nitrogen and oxygen atoms in total. The van der Waals surface area contributed by atoms with E-state index < -0.39 is 0 Å². The summed E-state index contributed by atoms with van der Waals surface area (Å²) in [5, 5.41) is 6.39. The number of piperazine rings is 1. The first-order valence-electron chi connectivity index (χ1n) is 11.7. The van der Waals surface area contributed by atoms with Gasteiger partial charge in [-0.3, -0.25) is 14.0 Å². The monoisotopic (exact) mass is 480 g/mol. The molecule has 0 saturated carbocycles. The number of nitrogens with zero attached hydrogens (tertiary/aromatic N) is 5. The number of amides is 2. The largest absolute Gasteiger partial charge is 0.382 e. The van der Waals surface area contributed by atoms with Crippen molar-refractivity contribution in [1.82, 2.24) is 29.6 Å². The number of nitrogens with one attached hydrogen (secondary N) is 2. The lowest BCUT2D eigenvalue weighted by Crippen LogP contribution is -2.48. The lowest BCUT2D eigenvalue weighted by Gasteiger charge is -2.32. The van der Waals surface area contributed by atoms with E-state index in [2.05, 4.69) is 27.2 Å². The zero-order valence-electron chi connectivity index (χ0n) is 19.3. The molecule has 0 spiro atoms. The number of benzene rings is 1. The fraction of sp³-hybridized carbons (Fsp3) is 0.192. The van der Waals surface area contributed by atoms with Crippen LogP contribution in [0.25, 0.3) is 16.8 Å². The molecular formula is C26H24N8O2. The second-order valence-corrected chi connectivity index (χ2v) is 8.94. The average molecular weight is 481 g/mol. The Bertz CT molecular complexity index is 1480. The third-order valence-electron chi connectivity index (χ3n) is 6.82. The van der Waals surface area contributed by atoms with Gasteiger partial charge in [0.25, 0.3) is 5.91 Å². The molecule has 0 radical (unpaired) electrons. The number of pyridine rings is 1. The lowest BCUT2D eigenvalue weighted by molar-refractivity contribution is -0.128. The predicted octanol–water partition coefficient (Wildman–Crippen LogP) is 2.43. The molecule has 2 aliphatic heterocycles. The second kappa shape index (κ2) is 8.58. The van der Waals surface area contributed by atoms with Gasteiger partial charge in [0.05, 0.1) is 12.1 Å². The van der Waals surface area contributed by atoms with Crippen LogP contribution in [0.2, 0.25) is 0 Å². The Balaban J connectivity index is 1.35. The molecule has 2 fully saturated rings. The van der Waals surface area contributed by atoms with E-state index in [1.165, 1.54) is 6.08 Å². The molecule has 36 heavy (non-hydrogen) atoms. The van der Waals surface area contributed by atoms with Gasteiger partial charge in [-0.25, -0.2) is 15.0 Å². The third kappa shape index (κ3) is 3.59. The Morgan fingerprint density at radius 2 is 1.97 bits per heavy atom. The molecule has 180 valence electrons. The van der Waals surface area contributed by atoms with E-state index in [1.807, 2.05) is 33.7 Å². The van der Waals surface area contributed by atoms with Crippen LogP contribution >= 0.6 is 0 Å². The van der Waals surface area contributed by atoms with Crippen molar-refractivity contribution in [1.29, 1.82) is 0 Å². The van der Waals surface area contributed by atoms with Gasteiger partial charge in [-0.2, -0.15) is 0 Å². The maximum atomic E-state index is 12.6. The SMILES string of the molecule is C=CC(=O)N1CC2C[C@H]1C(c1nc(-c3ccc(C(=O)Nc4ccccn4)cc3)c3c(N)nccn13)N2. The summed E-state index contributed by atoms with van der Waals surface area (Å²) in [5.74, 6) is 1.27. The van der Waals surface area contributed by atoms with E-state index in [-0.39, 0.29) is 29.9 Å². The number of nitrogens with two attached hydrogens (primary N) is 1. The number of imidazole rings is 1. The van der Waals surface area contributed by atoms with Crippen molar-refractivity contribution in [2.45, 2.75) is 24.5 Å². The van der Waals surface area contributed by atoms with Crippen LogP contribution in [0.15, 0.2) is 73.7 Å². The van der Waals surface area contributed by atoms with Crippen LogP contribution in [-0.2, 0) is 4.79 Å². The number of nitrogen functional groups attached to an aromatic ring is 1. The topological polar surface area (TPSA) is 131 Å². The number of hydrogen-bond donors (Lipinski definition) is 3. The van der Waals surface area contributed by atoms with Gasteiger partial charge < -0.3 is 21.3 Å². The highest BCUT2D eigenvalue weighted by molar-refractivity contribution is 6.04. The summed E-state index contributed by atoms with van der Waals surface area (Å²) in [4.78, 5) is 40.3. The molecule has 1 aromatic carbocycles. The molecule has 3 atom stereocenters. The Morgan fingerprint density at radius 3 is 2.69 bits per heavy atom. The first-order valence-corrected chi connectivity index (χ1v) is 11.7. The van der Waals surface area contributed by atoms with E-state index >= 15 is 0 Å². The van der Waals surface area contributed by atoms with Crippen LogP contribution in [0, 0.1) is 0 Å². The minimum absolute atomic E-state index is 0.0222. The van der Waals surface area contributed by atoms with Crippen molar-refractivity contribution in [2.75, 3.05) is 17.6 Å². The van der Waals surface area contributed by atoms with Gasteiger partial charge in [0.15, 0.2) is 0 Å². The van der Waals surface area contributed by atoms with E-state index in [9.17, 15) is 9.59 Å². The predicted molar refractivity (Wildman–Crippen MR) is 135 cm³/mol. The van der Waals surface area contributed by atoms with Gasteiger partial charge in [-0.15, -0.1) is 0 Å². The third-order valence-corrected chi connectivity index (χ3v) is 6.82. The second-order valence-electron chi connectivity index (χ2n) is 8.94. The van der Waals surface area contributed by atoms with Crippen LogP contribution in [0.1, 0.15) is 28.6 Å². The van der Waals surface area contributed by atoms with Crippen molar-refractivity contribution in [3.63, 3.8) is 0 Å². The zero-order chi connectivity index (χ0) is 24.8. The van der Waals surface area contributed by atoms with Crippen LogP contribution in [0.3, 0.4) is 0 Å². The molecule has 2 bridgehead atoms. The van der Waals surface area contributed by atoms with Gasteiger partial charge in [0, 0.05) is 42.3 Å². The Morgan fingerprint density at radius 1 is 1.14 bits per heavy atom. The molecule has 10 heteroatoms. The van der Waals surface area contributed by atoms with E-state index in [0.717, 1.165) is 17.8 Å². The molecule has 6 rings (SSSR count). The molecule has 3 aromatic heterocycles. The van der Waals surface area contributed by atoms with E-state index in [4.69, 9.17) is 10.7 Å². The number of likely N-dealkylation sites (tertiary alicyclic amines) is 1. The summed E-state index contributed by atoms with van der Waals surface area (Å²) in [6.45, 7) is 4.31. The van der Waals surface area contributed by atoms with Gasteiger partial charge >= 0.3 is 0 Å². The number of anilines is 2. The van der Waals surface area contributed by atoms with Crippen LogP contribution < -0.4 is 16.4 Å².